The van der Waals surface area contributed by atoms with Gasteiger partial charge in [-0.05, 0) is 31.2 Å². The van der Waals surface area contributed by atoms with E-state index in [-0.39, 0.29) is 11.9 Å². The molecule has 22 heavy (non-hydrogen) atoms. The Hall–Kier alpha value is -3.03. The van der Waals surface area contributed by atoms with Gasteiger partial charge in [-0.2, -0.15) is 4.80 Å². The number of aromatic nitrogens is 6. The molecule has 1 aromatic carbocycles. The predicted octanol–water partition coefficient (Wildman–Crippen LogP) is 1.90. The predicted molar refractivity (Wildman–Crippen MR) is 80.2 cm³/mol. The quantitative estimate of drug-likeness (QED) is 0.765. The van der Waals surface area contributed by atoms with E-state index < -0.39 is 0 Å². The number of benzene rings is 1. The molecular formula is C14H15N7O. The number of nitrogens with zero attached hydrogens (tertiary/aromatic N) is 5. The van der Waals surface area contributed by atoms with Crippen LogP contribution in [0.3, 0.4) is 0 Å². The summed E-state index contributed by atoms with van der Waals surface area (Å²) in [6.45, 7) is 3.96. The van der Waals surface area contributed by atoms with Crippen LogP contribution >= 0.6 is 0 Å². The molecule has 2 heterocycles. The van der Waals surface area contributed by atoms with Gasteiger partial charge in [0, 0.05) is 23.5 Å². The topological polar surface area (TPSA) is 101 Å². The number of carbonyl (C=O) groups is 1. The van der Waals surface area contributed by atoms with Crippen LogP contribution in [0.1, 0.15) is 30.2 Å². The largest absolute Gasteiger partial charge is 0.331 e. The maximum atomic E-state index is 12.0. The fourth-order valence-corrected chi connectivity index (χ4v) is 1.84. The van der Waals surface area contributed by atoms with Crippen molar-refractivity contribution in [3.63, 3.8) is 0 Å². The zero-order chi connectivity index (χ0) is 15.5. The Bertz CT molecular complexity index is 759. The first-order chi connectivity index (χ1) is 10.6. The SMILES string of the molecule is CC(C)n1nnc(-c2ccc(C(=O)Nc3ncc[nH]3)cc2)n1. The van der Waals surface area contributed by atoms with Gasteiger partial charge < -0.3 is 4.98 Å². The molecule has 0 atom stereocenters. The lowest BCUT2D eigenvalue weighted by Crippen LogP contribution is -2.12. The second-order valence-corrected chi connectivity index (χ2v) is 5.00. The monoisotopic (exact) mass is 297 g/mol. The zero-order valence-corrected chi connectivity index (χ0v) is 12.2. The van der Waals surface area contributed by atoms with E-state index in [1.165, 1.54) is 0 Å². The third-order valence-electron chi connectivity index (χ3n) is 3.03. The minimum absolute atomic E-state index is 0.152. The molecule has 0 spiro atoms. The van der Waals surface area contributed by atoms with Crippen molar-refractivity contribution in [3.8, 4) is 11.4 Å². The Morgan fingerprint density at radius 3 is 2.64 bits per heavy atom. The lowest BCUT2D eigenvalue weighted by Gasteiger charge is -2.02. The molecule has 0 bridgehead atoms. The van der Waals surface area contributed by atoms with Crippen LogP contribution in [0.2, 0.25) is 0 Å². The Balaban J connectivity index is 1.75. The molecule has 2 aromatic heterocycles. The highest BCUT2D eigenvalue weighted by Crippen LogP contribution is 2.16. The van der Waals surface area contributed by atoms with Crippen LogP contribution in [0.15, 0.2) is 36.7 Å². The average molecular weight is 297 g/mol. The van der Waals surface area contributed by atoms with Crippen LogP contribution in [0.5, 0.6) is 0 Å². The number of anilines is 1. The van der Waals surface area contributed by atoms with Gasteiger partial charge in [-0.25, -0.2) is 4.98 Å². The van der Waals surface area contributed by atoms with Crippen LogP contribution in [0.25, 0.3) is 11.4 Å². The van der Waals surface area contributed by atoms with Gasteiger partial charge in [0.05, 0.1) is 6.04 Å². The fourth-order valence-electron chi connectivity index (χ4n) is 1.84. The summed E-state index contributed by atoms with van der Waals surface area (Å²) in [6.07, 6.45) is 3.21. The Morgan fingerprint density at radius 2 is 2.05 bits per heavy atom. The van der Waals surface area contributed by atoms with Gasteiger partial charge in [0.1, 0.15) is 0 Å². The second-order valence-electron chi connectivity index (χ2n) is 5.00. The summed E-state index contributed by atoms with van der Waals surface area (Å²) < 4.78 is 0. The molecule has 0 aliphatic carbocycles. The van der Waals surface area contributed by atoms with Gasteiger partial charge in [-0.15, -0.1) is 10.2 Å². The molecule has 8 nitrogen and oxygen atoms in total. The number of carbonyl (C=O) groups excluding carboxylic acids is 1. The Kier molecular flexibility index (Phi) is 3.65. The van der Waals surface area contributed by atoms with Gasteiger partial charge in [0.2, 0.25) is 11.8 Å². The fraction of sp³-hybridized carbons (Fsp3) is 0.214. The van der Waals surface area contributed by atoms with Crippen LogP contribution in [0.4, 0.5) is 5.95 Å². The van der Waals surface area contributed by atoms with E-state index in [9.17, 15) is 4.79 Å². The molecule has 0 saturated heterocycles. The number of hydrogen-bond donors (Lipinski definition) is 2. The van der Waals surface area contributed by atoms with Crippen molar-refractivity contribution in [1.29, 1.82) is 0 Å². The first-order valence-electron chi connectivity index (χ1n) is 6.84. The van der Waals surface area contributed by atoms with Gasteiger partial charge in [-0.3, -0.25) is 10.1 Å². The Labute approximate surface area is 126 Å². The summed E-state index contributed by atoms with van der Waals surface area (Å²) in [5.41, 5.74) is 1.33. The van der Waals surface area contributed by atoms with Crippen LogP contribution in [0, 0.1) is 0 Å². The normalized spacial score (nSPS) is 10.9. The maximum absolute atomic E-state index is 12.0. The van der Waals surface area contributed by atoms with Gasteiger partial charge in [0.15, 0.2) is 0 Å². The van der Waals surface area contributed by atoms with Crippen molar-refractivity contribution >= 4 is 11.9 Å². The summed E-state index contributed by atoms with van der Waals surface area (Å²) in [4.78, 5) is 20.3. The maximum Gasteiger partial charge on any atom is 0.257 e. The molecule has 3 aromatic rings. The number of tetrazole rings is 1. The molecule has 3 rings (SSSR count). The number of H-pyrrole nitrogens is 1. The van der Waals surface area contributed by atoms with Crippen molar-refractivity contribution < 1.29 is 4.79 Å². The summed E-state index contributed by atoms with van der Waals surface area (Å²) in [5.74, 6) is 0.711. The van der Waals surface area contributed by atoms with E-state index >= 15 is 0 Å². The van der Waals surface area contributed by atoms with E-state index in [2.05, 4.69) is 30.7 Å². The van der Waals surface area contributed by atoms with Crippen molar-refractivity contribution in [3.05, 3.63) is 42.2 Å². The first-order valence-corrected chi connectivity index (χ1v) is 6.84. The first kappa shape index (κ1) is 13.9. The van der Waals surface area contributed by atoms with E-state index in [1.54, 1.807) is 41.5 Å². The summed E-state index contributed by atoms with van der Waals surface area (Å²) >= 11 is 0. The van der Waals surface area contributed by atoms with Crippen LogP contribution in [-0.2, 0) is 0 Å². The molecule has 0 aliphatic heterocycles. The van der Waals surface area contributed by atoms with E-state index in [0.29, 0.717) is 17.3 Å². The van der Waals surface area contributed by atoms with Crippen molar-refractivity contribution in [2.75, 3.05) is 5.32 Å². The third kappa shape index (κ3) is 2.85. The van der Waals surface area contributed by atoms with E-state index in [4.69, 9.17) is 0 Å². The molecular weight excluding hydrogens is 282 g/mol. The van der Waals surface area contributed by atoms with Crippen molar-refractivity contribution in [1.82, 2.24) is 30.2 Å². The summed E-state index contributed by atoms with van der Waals surface area (Å²) in [6, 6.07) is 7.16. The minimum Gasteiger partial charge on any atom is -0.331 e. The number of hydrogen-bond acceptors (Lipinski definition) is 5. The highest BCUT2D eigenvalue weighted by atomic mass is 16.1. The van der Waals surface area contributed by atoms with Gasteiger partial charge in [0.25, 0.3) is 5.91 Å². The van der Waals surface area contributed by atoms with Crippen molar-refractivity contribution in [2.24, 2.45) is 0 Å². The van der Waals surface area contributed by atoms with Gasteiger partial charge in [-0.1, -0.05) is 12.1 Å². The molecule has 0 saturated carbocycles. The van der Waals surface area contributed by atoms with Crippen molar-refractivity contribution in [2.45, 2.75) is 19.9 Å². The van der Waals surface area contributed by atoms with E-state index in [0.717, 1.165) is 5.56 Å². The zero-order valence-electron chi connectivity index (χ0n) is 12.2. The molecule has 0 radical (unpaired) electrons. The highest BCUT2D eigenvalue weighted by Gasteiger charge is 2.10. The smallest absolute Gasteiger partial charge is 0.257 e. The number of rotatable bonds is 4. The summed E-state index contributed by atoms with van der Waals surface area (Å²) in [7, 11) is 0. The number of amides is 1. The number of nitrogens with one attached hydrogen (secondary N) is 2. The van der Waals surface area contributed by atoms with Crippen LogP contribution in [-0.4, -0.2) is 36.1 Å². The third-order valence-corrected chi connectivity index (χ3v) is 3.03. The molecule has 2 N–H and O–H groups in total. The second kappa shape index (κ2) is 5.76. The molecule has 8 heteroatoms. The van der Waals surface area contributed by atoms with Gasteiger partial charge >= 0.3 is 0 Å². The lowest BCUT2D eigenvalue weighted by atomic mass is 10.1. The molecule has 0 aliphatic rings. The Morgan fingerprint density at radius 1 is 1.27 bits per heavy atom. The standard InChI is InChI=1S/C14H15N7O/c1-9(2)21-19-12(18-20-21)10-3-5-11(6-4-10)13(22)17-14-15-7-8-16-14/h3-9H,1-2H3,(H2,15,16,17,22). The molecule has 1 amide bonds. The minimum atomic E-state index is -0.236. The number of imidazole rings is 1. The van der Waals surface area contributed by atoms with Crippen LogP contribution < -0.4 is 5.32 Å². The average Bonchev–Trinajstić information content (AvgIpc) is 3.18. The lowest BCUT2D eigenvalue weighted by molar-refractivity contribution is 0.102. The molecule has 112 valence electrons. The number of aromatic amines is 1. The summed E-state index contributed by atoms with van der Waals surface area (Å²) in [5, 5.41) is 15.0. The molecule has 0 fully saturated rings. The molecule has 0 unspecified atom stereocenters. The van der Waals surface area contributed by atoms with E-state index in [1.807, 2.05) is 13.8 Å². The highest BCUT2D eigenvalue weighted by molar-refractivity contribution is 6.03.